The summed E-state index contributed by atoms with van der Waals surface area (Å²) in [5.41, 5.74) is -0.154. The van der Waals surface area contributed by atoms with Crippen molar-refractivity contribution in [2.45, 2.75) is 38.5 Å². The minimum Gasteiger partial charge on any atom is -0.467 e. The quantitative estimate of drug-likeness (QED) is 0.427. The Kier molecular flexibility index (Phi) is 8.14. The van der Waals surface area contributed by atoms with Gasteiger partial charge in [0.25, 0.3) is 6.43 Å². The van der Waals surface area contributed by atoms with Gasteiger partial charge in [-0.05, 0) is 19.9 Å². The summed E-state index contributed by atoms with van der Waals surface area (Å²) in [4.78, 5) is 29.6. The summed E-state index contributed by atoms with van der Waals surface area (Å²) in [5.74, 6) is -1.88. The van der Waals surface area contributed by atoms with E-state index in [1.54, 1.807) is 13.8 Å². The van der Waals surface area contributed by atoms with Crippen molar-refractivity contribution in [2.75, 3.05) is 31.0 Å². The van der Waals surface area contributed by atoms with Gasteiger partial charge in [0.05, 0.1) is 49.1 Å². The maximum absolute atomic E-state index is 14.9. The molecular weight excluding hydrogens is 493 g/mol. The molecule has 2 atom stereocenters. The minimum absolute atomic E-state index is 0.00527. The first-order chi connectivity index (χ1) is 17.8. The minimum atomic E-state index is -2.97. The molecule has 0 saturated carbocycles. The van der Waals surface area contributed by atoms with E-state index in [0.717, 1.165) is 6.07 Å². The zero-order valence-electron chi connectivity index (χ0n) is 20.2. The highest BCUT2D eigenvalue weighted by molar-refractivity contribution is 5.94. The maximum Gasteiger partial charge on any atom is 0.318 e. The van der Waals surface area contributed by atoms with E-state index in [0.29, 0.717) is 11.4 Å². The van der Waals surface area contributed by atoms with Crippen molar-refractivity contribution in [3.05, 3.63) is 65.0 Å². The molecule has 196 valence electrons. The number of nitrogens with one attached hydrogen (secondary N) is 2. The predicted octanol–water partition coefficient (Wildman–Crippen LogP) is 4.31. The number of rotatable bonds is 9. The van der Waals surface area contributed by atoms with Gasteiger partial charge in [-0.25, -0.2) is 23.1 Å². The van der Waals surface area contributed by atoms with Crippen LogP contribution < -0.4 is 15.4 Å². The van der Waals surface area contributed by atoms with Crippen LogP contribution in [-0.2, 0) is 14.3 Å². The van der Waals surface area contributed by atoms with Gasteiger partial charge in [0.1, 0.15) is 23.8 Å². The van der Waals surface area contributed by atoms with Crippen LogP contribution in [0.4, 0.5) is 24.8 Å². The highest BCUT2D eigenvalue weighted by Gasteiger charge is 2.33. The van der Waals surface area contributed by atoms with Crippen molar-refractivity contribution in [1.82, 2.24) is 19.9 Å². The molecule has 1 amide bonds. The van der Waals surface area contributed by atoms with E-state index in [1.165, 1.54) is 37.8 Å². The number of alkyl halides is 2. The van der Waals surface area contributed by atoms with E-state index in [2.05, 4.69) is 30.6 Å². The van der Waals surface area contributed by atoms with E-state index in [4.69, 9.17) is 14.2 Å². The van der Waals surface area contributed by atoms with Gasteiger partial charge in [0, 0.05) is 11.8 Å². The van der Waals surface area contributed by atoms with Crippen LogP contribution in [0.25, 0.3) is 0 Å². The van der Waals surface area contributed by atoms with Gasteiger partial charge in [0.15, 0.2) is 6.29 Å². The fraction of sp³-hybridized carbons (Fsp3) is 0.375. The molecule has 1 saturated heterocycles. The second-order valence-electron chi connectivity index (χ2n) is 8.15. The molecule has 2 aromatic heterocycles. The molecule has 1 aliphatic heterocycles. The van der Waals surface area contributed by atoms with E-state index in [9.17, 15) is 18.0 Å². The summed E-state index contributed by atoms with van der Waals surface area (Å²) < 4.78 is 58.0. The third-order valence-corrected chi connectivity index (χ3v) is 5.74. The molecule has 3 heterocycles. The molecule has 0 spiro atoms. The molecule has 37 heavy (non-hydrogen) atoms. The number of hydrogen-bond acceptors (Lipinski definition) is 9. The first-order valence-corrected chi connectivity index (χ1v) is 11.4. The number of carbonyl (C=O) groups is 1. The van der Waals surface area contributed by atoms with Gasteiger partial charge in [-0.15, -0.1) is 0 Å². The number of anilines is 2. The summed E-state index contributed by atoms with van der Waals surface area (Å²) in [6.07, 6.45) is -1.12. The molecule has 1 aromatic carbocycles. The number of aromatic nitrogens is 4. The third kappa shape index (κ3) is 5.78. The van der Waals surface area contributed by atoms with E-state index < -0.39 is 42.0 Å². The smallest absolute Gasteiger partial charge is 0.318 e. The van der Waals surface area contributed by atoms with Crippen molar-refractivity contribution in [2.24, 2.45) is 0 Å². The van der Waals surface area contributed by atoms with Crippen LogP contribution in [0.5, 0.6) is 6.01 Å². The topological polar surface area (TPSA) is 120 Å². The highest BCUT2D eigenvalue weighted by Crippen LogP contribution is 2.38. The average Bonchev–Trinajstić information content (AvgIpc) is 3.42. The fourth-order valence-electron chi connectivity index (χ4n) is 3.83. The van der Waals surface area contributed by atoms with E-state index >= 15 is 0 Å². The van der Waals surface area contributed by atoms with Crippen LogP contribution in [0.1, 0.15) is 60.9 Å². The maximum atomic E-state index is 14.9. The number of ether oxygens (including phenoxy) is 3. The SMILES string of the molecule is COc1nc(N[C@H](C)c2cccc(C(F)F)c2F)c(C2OCCO2)c(C(C)C(=O)Nc2ccncn2)n1. The monoisotopic (exact) mass is 518 g/mol. The molecule has 1 fully saturated rings. The van der Waals surface area contributed by atoms with Crippen LogP contribution in [0.2, 0.25) is 0 Å². The van der Waals surface area contributed by atoms with Crippen LogP contribution in [-0.4, -0.2) is 46.2 Å². The van der Waals surface area contributed by atoms with Gasteiger partial charge in [-0.1, -0.05) is 18.2 Å². The normalized spacial score (nSPS) is 15.4. The second kappa shape index (κ2) is 11.5. The Balaban J connectivity index is 1.73. The third-order valence-electron chi connectivity index (χ3n) is 5.74. The highest BCUT2D eigenvalue weighted by atomic mass is 19.3. The van der Waals surface area contributed by atoms with Gasteiger partial charge in [-0.3, -0.25) is 4.79 Å². The number of carbonyl (C=O) groups excluding carboxylic acids is 1. The standard InChI is InChI=1S/C24H25F3N6O4/c1-12(22(34)31-16-7-8-28-11-29-16)19-17(23-36-9-10-37-23)21(33-24(32-19)35-3)30-13(2)14-5-4-6-15(18(14)25)20(26)27/h4-8,11-13,20,23H,9-10H2,1-3H3,(H,30,32,33)(H,28,29,31,34)/t12?,13-/m1/s1. The van der Waals surface area contributed by atoms with Crippen LogP contribution in [0.3, 0.4) is 0 Å². The Morgan fingerprint density at radius 2 is 1.86 bits per heavy atom. The summed E-state index contributed by atoms with van der Waals surface area (Å²) in [6, 6.07) is 4.44. The van der Waals surface area contributed by atoms with E-state index in [-0.39, 0.29) is 36.3 Å². The molecule has 3 aromatic rings. The first-order valence-electron chi connectivity index (χ1n) is 11.4. The molecular formula is C24H25F3N6O4. The zero-order valence-corrected chi connectivity index (χ0v) is 20.2. The molecule has 13 heteroatoms. The van der Waals surface area contributed by atoms with E-state index in [1.807, 2.05) is 0 Å². The Hall–Kier alpha value is -3.84. The summed E-state index contributed by atoms with van der Waals surface area (Å²) in [5, 5.41) is 5.73. The number of amides is 1. The van der Waals surface area contributed by atoms with Crippen molar-refractivity contribution in [3.63, 3.8) is 0 Å². The van der Waals surface area contributed by atoms with Crippen molar-refractivity contribution >= 4 is 17.5 Å². The summed E-state index contributed by atoms with van der Waals surface area (Å²) >= 11 is 0. The van der Waals surface area contributed by atoms with Crippen LogP contribution in [0.15, 0.2) is 36.8 Å². The number of methoxy groups -OCH3 is 1. The summed E-state index contributed by atoms with van der Waals surface area (Å²) in [7, 11) is 1.35. The van der Waals surface area contributed by atoms with Gasteiger partial charge >= 0.3 is 6.01 Å². The predicted molar refractivity (Wildman–Crippen MR) is 126 cm³/mol. The lowest BCUT2D eigenvalue weighted by Crippen LogP contribution is -2.24. The number of halogens is 3. The van der Waals surface area contributed by atoms with Crippen molar-refractivity contribution in [1.29, 1.82) is 0 Å². The molecule has 0 aliphatic carbocycles. The number of benzene rings is 1. The van der Waals surface area contributed by atoms with Gasteiger partial charge in [-0.2, -0.15) is 9.97 Å². The molecule has 1 aliphatic rings. The molecule has 0 bridgehead atoms. The largest absolute Gasteiger partial charge is 0.467 e. The zero-order chi connectivity index (χ0) is 26.5. The Bertz CT molecular complexity index is 1240. The molecule has 1 unspecified atom stereocenters. The molecule has 10 nitrogen and oxygen atoms in total. The Labute approximate surface area is 210 Å². The Morgan fingerprint density at radius 1 is 1.14 bits per heavy atom. The number of hydrogen-bond donors (Lipinski definition) is 2. The lowest BCUT2D eigenvalue weighted by atomic mass is 9.99. The van der Waals surface area contributed by atoms with Crippen molar-refractivity contribution in [3.8, 4) is 6.01 Å². The Morgan fingerprint density at radius 3 is 2.51 bits per heavy atom. The van der Waals surface area contributed by atoms with Crippen LogP contribution in [0, 0.1) is 5.82 Å². The van der Waals surface area contributed by atoms with Crippen molar-refractivity contribution < 1.29 is 32.2 Å². The summed E-state index contributed by atoms with van der Waals surface area (Å²) in [6.45, 7) is 3.79. The lowest BCUT2D eigenvalue weighted by molar-refractivity contribution is -0.117. The fourth-order valence-corrected chi connectivity index (χ4v) is 3.83. The lowest BCUT2D eigenvalue weighted by Gasteiger charge is -2.24. The van der Waals surface area contributed by atoms with Crippen LogP contribution >= 0.6 is 0 Å². The number of nitrogens with zero attached hydrogens (tertiary/aromatic N) is 4. The van der Waals surface area contributed by atoms with Gasteiger partial charge < -0.3 is 24.8 Å². The first kappa shape index (κ1) is 26.2. The average molecular weight is 518 g/mol. The molecule has 2 N–H and O–H groups in total. The molecule has 0 radical (unpaired) electrons. The van der Waals surface area contributed by atoms with Gasteiger partial charge in [0.2, 0.25) is 5.91 Å². The molecule has 4 rings (SSSR count). The second-order valence-corrected chi connectivity index (χ2v) is 8.15.